The molecule has 33 heavy (non-hydrogen) atoms. The second-order valence-corrected chi connectivity index (χ2v) is 8.01. The Morgan fingerprint density at radius 3 is 2.12 bits per heavy atom. The molecule has 2 aromatic carbocycles. The van der Waals surface area contributed by atoms with Crippen molar-refractivity contribution in [3.05, 3.63) is 70.5 Å². The average molecular weight is 467 g/mol. The third kappa shape index (κ3) is 6.45. The van der Waals surface area contributed by atoms with Crippen molar-refractivity contribution in [1.82, 2.24) is 15.4 Å². The summed E-state index contributed by atoms with van der Waals surface area (Å²) in [5.41, 5.74) is 6.57. The number of amides is 1. The van der Waals surface area contributed by atoms with Gasteiger partial charge >= 0.3 is 0 Å². The Kier molecular flexibility index (Phi) is 8.26. The standard InChI is InChI=1S/C24H26N4O4S/c1-15-10-16(2)27-24(26-15)33-14-17-6-8-18(9-7-17)23(29)28-25-13-20-21(31-4)11-19(30-3)12-22(20)32-5/h6-13H,14H2,1-5H3,(H,28,29)/b25-13+. The van der Waals surface area contributed by atoms with Crippen LogP contribution in [0.15, 0.2) is 52.7 Å². The molecular formula is C24H26N4O4S. The summed E-state index contributed by atoms with van der Waals surface area (Å²) in [6.45, 7) is 3.91. The first-order chi connectivity index (χ1) is 15.9. The molecule has 0 fully saturated rings. The number of hydrazone groups is 1. The van der Waals surface area contributed by atoms with Gasteiger partial charge in [-0.2, -0.15) is 5.10 Å². The first kappa shape index (κ1) is 24.1. The molecule has 0 spiro atoms. The normalized spacial score (nSPS) is 10.8. The molecule has 0 saturated heterocycles. The maximum atomic E-state index is 12.5. The summed E-state index contributed by atoms with van der Waals surface area (Å²) in [6.07, 6.45) is 1.48. The number of hydrogen-bond donors (Lipinski definition) is 1. The minimum Gasteiger partial charge on any atom is -0.496 e. The molecule has 0 unspecified atom stereocenters. The third-order valence-corrected chi connectivity index (χ3v) is 5.58. The molecule has 1 heterocycles. The highest BCUT2D eigenvalue weighted by Crippen LogP contribution is 2.32. The van der Waals surface area contributed by atoms with Crippen molar-refractivity contribution in [3.63, 3.8) is 0 Å². The molecule has 0 aliphatic rings. The Morgan fingerprint density at radius 2 is 1.58 bits per heavy atom. The number of hydrogen-bond acceptors (Lipinski definition) is 8. The number of carbonyl (C=O) groups is 1. The lowest BCUT2D eigenvalue weighted by Gasteiger charge is -2.12. The van der Waals surface area contributed by atoms with Gasteiger partial charge in [0.05, 0.1) is 33.1 Å². The Morgan fingerprint density at radius 1 is 0.970 bits per heavy atom. The van der Waals surface area contributed by atoms with Crippen LogP contribution in [0.3, 0.4) is 0 Å². The summed E-state index contributed by atoms with van der Waals surface area (Å²) in [7, 11) is 4.63. The SMILES string of the molecule is COc1cc(OC)c(/C=N/NC(=O)c2ccc(CSc3nc(C)cc(C)n3)cc2)c(OC)c1. The van der Waals surface area contributed by atoms with Crippen LogP contribution >= 0.6 is 11.8 Å². The Labute approximate surface area is 197 Å². The van der Waals surface area contributed by atoms with Gasteiger partial charge in [-0.3, -0.25) is 4.79 Å². The van der Waals surface area contributed by atoms with Crippen molar-refractivity contribution in [2.75, 3.05) is 21.3 Å². The van der Waals surface area contributed by atoms with Gasteiger partial charge in [0.25, 0.3) is 5.91 Å². The van der Waals surface area contributed by atoms with Gasteiger partial charge in [0.2, 0.25) is 0 Å². The van der Waals surface area contributed by atoms with E-state index in [2.05, 4.69) is 20.5 Å². The van der Waals surface area contributed by atoms with E-state index in [0.717, 1.165) is 22.1 Å². The van der Waals surface area contributed by atoms with Gasteiger partial charge in [-0.25, -0.2) is 15.4 Å². The Hall–Kier alpha value is -3.59. The molecule has 3 aromatic rings. The molecule has 172 valence electrons. The molecule has 3 rings (SSSR count). The second kappa shape index (κ2) is 11.3. The average Bonchev–Trinajstić information content (AvgIpc) is 2.82. The largest absolute Gasteiger partial charge is 0.496 e. The van der Waals surface area contributed by atoms with Crippen LogP contribution in [-0.4, -0.2) is 43.4 Å². The lowest BCUT2D eigenvalue weighted by atomic mass is 10.1. The monoisotopic (exact) mass is 466 g/mol. The summed E-state index contributed by atoms with van der Waals surface area (Å²) in [5.74, 6) is 2.00. The van der Waals surface area contributed by atoms with E-state index in [-0.39, 0.29) is 5.91 Å². The van der Waals surface area contributed by atoms with Gasteiger partial charge in [-0.15, -0.1) is 0 Å². The lowest BCUT2D eigenvalue weighted by molar-refractivity contribution is 0.0955. The predicted octanol–water partition coefficient (Wildman–Crippen LogP) is 4.18. The fourth-order valence-corrected chi connectivity index (χ4v) is 3.94. The second-order valence-electron chi connectivity index (χ2n) is 7.06. The predicted molar refractivity (Wildman–Crippen MR) is 129 cm³/mol. The van der Waals surface area contributed by atoms with Crippen LogP contribution in [0.2, 0.25) is 0 Å². The van der Waals surface area contributed by atoms with E-state index >= 15 is 0 Å². The Bertz CT molecular complexity index is 1100. The van der Waals surface area contributed by atoms with Crippen molar-refractivity contribution >= 4 is 23.9 Å². The highest BCUT2D eigenvalue weighted by atomic mass is 32.2. The zero-order valence-corrected chi connectivity index (χ0v) is 20.0. The number of nitrogens with one attached hydrogen (secondary N) is 1. The van der Waals surface area contributed by atoms with Gasteiger partial charge in [0.1, 0.15) is 17.2 Å². The minimum absolute atomic E-state index is 0.324. The molecule has 9 heteroatoms. The topological polar surface area (TPSA) is 94.9 Å². The summed E-state index contributed by atoms with van der Waals surface area (Å²) in [5, 5.41) is 4.80. The molecule has 0 radical (unpaired) electrons. The molecule has 0 saturated carbocycles. The Balaban J connectivity index is 1.62. The van der Waals surface area contributed by atoms with Crippen molar-refractivity contribution in [3.8, 4) is 17.2 Å². The van der Waals surface area contributed by atoms with E-state index in [0.29, 0.717) is 34.1 Å². The van der Waals surface area contributed by atoms with Crippen molar-refractivity contribution in [2.45, 2.75) is 24.8 Å². The summed E-state index contributed by atoms with van der Waals surface area (Å²) in [6, 6.07) is 12.7. The number of ether oxygens (including phenoxy) is 3. The molecule has 1 N–H and O–H groups in total. The molecule has 0 bridgehead atoms. The van der Waals surface area contributed by atoms with Crippen molar-refractivity contribution in [2.24, 2.45) is 5.10 Å². The van der Waals surface area contributed by atoms with Crippen molar-refractivity contribution in [1.29, 1.82) is 0 Å². The number of rotatable bonds is 9. The van der Waals surface area contributed by atoms with E-state index in [9.17, 15) is 4.79 Å². The van der Waals surface area contributed by atoms with Crippen LogP contribution in [0.1, 0.15) is 32.9 Å². The quantitative estimate of drug-likeness (QED) is 0.219. The number of aryl methyl sites for hydroxylation is 2. The maximum Gasteiger partial charge on any atom is 0.271 e. The lowest BCUT2D eigenvalue weighted by Crippen LogP contribution is -2.17. The van der Waals surface area contributed by atoms with Gasteiger partial charge in [0.15, 0.2) is 5.16 Å². The van der Waals surface area contributed by atoms with E-state index in [1.54, 1.807) is 43.1 Å². The number of thioether (sulfide) groups is 1. The van der Waals surface area contributed by atoms with Crippen LogP contribution in [-0.2, 0) is 5.75 Å². The van der Waals surface area contributed by atoms with E-state index in [1.807, 2.05) is 32.0 Å². The van der Waals surface area contributed by atoms with E-state index < -0.39 is 0 Å². The number of aromatic nitrogens is 2. The van der Waals surface area contributed by atoms with Crippen LogP contribution < -0.4 is 19.6 Å². The molecule has 0 aliphatic heterocycles. The van der Waals surface area contributed by atoms with Gasteiger partial charge in [0, 0.05) is 34.8 Å². The zero-order valence-electron chi connectivity index (χ0n) is 19.2. The smallest absolute Gasteiger partial charge is 0.271 e. The fourth-order valence-electron chi connectivity index (χ4n) is 3.04. The molecule has 8 nitrogen and oxygen atoms in total. The molecule has 0 aliphatic carbocycles. The van der Waals surface area contributed by atoms with Crippen molar-refractivity contribution < 1.29 is 19.0 Å². The fraction of sp³-hybridized carbons (Fsp3) is 0.250. The van der Waals surface area contributed by atoms with Gasteiger partial charge in [-0.1, -0.05) is 23.9 Å². The first-order valence-electron chi connectivity index (χ1n) is 10.1. The number of benzene rings is 2. The number of nitrogens with zero attached hydrogens (tertiary/aromatic N) is 3. The molecule has 1 amide bonds. The number of carbonyl (C=O) groups excluding carboxylic acids is 1. The van der Waals surface area contributed by atoms with Crippen LogP contribution in [0.5, 0.6) is 17.2 Å². The summed E-state index contributed by atoms with van der Waals surface area (Å²) < 4.78 is 16.0. The molecule has 1 aromatic heterocycles. The third-order valence-electron chi connectivity index (χ3n) is 4.66. The number of methoxy groups -OCH3 is 3. The minimum atomic E-state index is -0.324. The van der Waals surface area contributed by atoms with E-state index in [1.165, 1.54) is 20.4 Å². The first-order valence-corrected chi connectivity index (χ1v) is 11.1. The summed E-state index contributed by atoms with van der Waals surface area (Å²) >= 11 is 1.56. The maximum absolute atomic E-state index is 12.5. The molecule has 0 atom stereocenters. The van der Waals surface area contributed by atoms with Crippen LogP contribution in [0.4, 0.5) is 0 Å². The molecular weight excluding hydrogens is 440 g/mol. The van der Waals surface area contributed by atoms with Crippen LogP contribution in [0.25, 0.3) is 0 Å². The highest BCUT2D eigenvalue weighted by molar-refractivity contribution is 7.98. The highest BCUT2D eigenvalue weighted by Gasteiger charge is 2.12. The zero-order chi connectivity index (χ0) is 23.8. The van der Waals surface area contributed by atoms with Gasteiger partial charge in [-0.05, 0) is 37.6 Å². The van der Waals surface area contributed by atoms with Crippen LogP contribution in [0, 0.1) is 13.8 Å². The summed E-state index contributed by atoms with van der Waals surface area (Å²) in [4.78, 5) is 21.3. The van der Waals surface area contributed by atoms with Gasteiger partial charge < -0.3 is 14.2 Å². The van der Waals surface area contributed by atoms with E-state index in [4.69, 9.17) is 14.2 Å².